The molecule has 1 aliphatic carbocycles. The first-order chi connectivity index (χ1) is 6.42. The van der Waals surface area contributed by atoms with Crippen molar-refractivity contribution >= 4 is 11.6 Å². The lowest BCUT2D eigenvalue weighted by Gasteiger charge is -2.14. The van der Waals surface area contributed by atoms with Gasteiger partial charge in [0.05, 0.1) is 6.04 Å². The first-order valence-corrected chi connectivity index (χ1v) is 4.41. The fourth-order valence-corrected chi connectivity index (χ4v) is 2.05. The normalized spacial score (nSPS) is 23.6. The Labute approximate surface area is 83.7 Å². The van der Waals surface area contributed by atoms with Gasteiger partial charge in [-0.25, -0.2) is 13.2 Å². The van der Waals surface area contributed by atoms with E-state index in [9.17, 15) is 13.2 Å². The molecule has 1 nitrogen and oxygen atoms in total. The first-order valence-electron chi connectivity index (χ1n) is 4.03. The van der Waals surface area contributed by atoms with Gasteiger partial charge in [0.2, 0.25) is 0 Å². The first kappa shape index (κ1) is 9.80. The molecule has 0 spiro atoms. The van der Waals surface area contributed by atoms with E-state index >= 15 is 0 Å². The maximum Gasteiger partial charge on any atom is 0.271 e. The van der Waals surface area contributed by atoms with Crippen molar-refractivity contribution in [3.05, 3.63) is 34.1 Å². The second kappa shape index (κ2) is 2.87. The molecule has 1 aliphatic rings. The molecule has 0 amide bonds. The van der Waals surface area contributed by atoms with Gasteiger partial charge in [0.15, 0.2) is 0 Å². The highest BCUT2D eigenvalue weighted by molar-refractivity contribution is 6.31. The van der Waals surface area contributed by atoms with E-state index in [1.807, 2.05) is 0 Å². The molecule has 0 aliphatic heterocycles. The van der Waals surface area contributed by atoms with Gasteiger partial charge >= 0.3 is 0 Å². The molecule has 0 heterocycles. The highest BCUT2D eigenvalue weighted by Gasteiger charge is 2.46. The lowest BCUT2D eigenvalue weighted by Crippen LogP contribution is -2.28. The number of hydrogen-bond acceptors (Lipinski definition) is 1. The van der Waals surface area contributed by atoms with Gasteiger partial charge in [-0.05, 0) is 23.3 Å². The van der Waals surface area contributed by atoms with Crippen molar-refractivity contribution in [3.63, 3.8) is 0 Å². The molecule has 0 radical (unpaired) electrons. The van der Waals surface area contributed by atoms with Crippen molar-refractivity contribution in [3.8, 4) is 0 Å². The molecule has 0 aromatic heterocycles. The standard InChI is InChI=1S/C9H7ClF3N/c10-6-2-5(11)1-4-3-9(12,13)8(14)7(4)6/h1-2,8H,3,14H2/t8-/m0/s1. The van der Waals surface area contributed by atoms with Crippen LogP contribution in [0.25, 0.3) is 0 Å². The van der Waals surface area contributed by atoms with Crippen LogP contribution in [-0.4, -0.2) is 5.92 Å². The topological polar surface area (TPSA) is 26.0 Å². The summed E-state index contributed by atoms with van der Waals surface area (Å²) in [5, 5.41) is -0.0234. The number of rotatable bonds is 0. The molecular weight excluding hydrogens is 215 g/mol. The van der Waals surface area contributed by atoms with Crippen LogP contribution in [-0.2, 0) is 6.42 Å². The fourth-order valence-electron chi connectivity index (χ4n) is 1.71. The molecule has 76 valence electrons. The fraction of sp³-hybridized carbons (Fsp3) is 0.333. The highest BCUT2D eigenvalue weighted by Crippen LogP contribution is 2.44. The SMILES string of the molecule is N[C@H]1c2c(Cl)cc(F)cc2CC1(F)F. The van der Waals surface area contributed by atoms with Crippen LogP contribution < -0.4 is 5.73 Å². The van der Waals surface area contributed by atoms with Crippen LogP contribution in [0.5, 0.6) is 0 Å². The van der Waals surface area contributed by atoms with Crippen LogP contribution in [0.3, 0.4) is 0 Å². The molecule has 1 aromatic rings. The smallest absolute Gasteiger partial charge is 0.271 e. The average Bonchev–Trinajstić information content (AvgIpc) is 2.21. The van der Waals surface area contributed by atoms with Gasteiger partial charge in [0.1, 0.15) is 5.82 Å². The number of fused-ring (bicyclic) bond motifs is 1. The van der Waals surface area contributed by atoms with Crippen LogP contribution >= 0.6 is 11.6 Å². The molecule has 0 saturated heterocycles. The maximum atomic E-state index is 13.1. The number of benzene rings is 1. The van der Waals surface area contributed by atoms with Gasteiger partial charge in [-0.2, -0.15) is 0 Å². The largest absolute Gasteiger partial charge is 0.319 e. The lowest BCUT2D eigenvalue weighted by atomic mass is 10.1. The quantitative estimate of drug-likeness (QED) is 0.716. The summed E-state index contributed by atoms with van der Waals surface area (Å²) in [4.78, 5) is 0. The maximum absolute atomic E-state index is 13.1. The van der Waals surface area contributed by atoms with Gasteiger partial charge in [-0.3, -0.25) is 0 Å². The highest BCUT2D eigenvalue weighted by atomic mass is 35.5. The van der Waals surface area contributed by atoms with Crippen LogP contribution in [0.2, 0.25) is 5.02 Å². The molecule has 0 bridgehead atoms. The molecule has 5 heteroatoms. The van der Waals surface area contributed by atoms with E-state index in [0.717, 1.165) is 12.1 Å². The minimum Gasteiger partial charge on any atom is -0.319 e. The van der Waals surface area contributed by atoms with E-state index in [-0.39, 0.29) is 16.1 Å². The summed E-state index contributed by atoms with van der Waals surface area (Å²) >= 11 is 5.64. The van der Waals surface area contributed by atoms with Crippen molar-refractivity contribution in [1.82, 2.24) is 0 Å². The second-order valence-corrected chi connectivity index (χ2v) is 3.78. The molecule has 14 heavy (non-hydrogen) atoms. The molecule has 0 saturated carbocycles. The Hall–Kier alpha value is -0.740. The summed E-state index contributed by atoms with van der Waals surface area (Å²) in [5.41, 5.74) is 5.68. The van der Waals surface area contributed by atoms with Gasteiger partial charge < -0.3 is 5.73 Å². The second-order valence-electron chi connectivity index (χ2n) is 3.38. The van der Waals surface area contributed by atoms with E-state index < -0.39 is 24.2 Å². The number of hydrogen-bond donors (Lipinski definition) is 1. The van der Waals surface area contributed by atoms with Gasteiger partial charge in [-0.15, -0.1) is 0 Å². The molecule has 2 N–H and O–H groups in total. The molecule has 0 fully saturated rings. The van der Waals surface area contributed by atoms with E-state index in [1.54, 1.807) is 0 Å². The van der Waals surface area contributed by atoms with Crippen molar-refractivity contribution in [2.75, 3.05) is 0 Å². The third-order valence-corrected chi connectivity index (χ3v) is 2.68. The molecule has 2 rings (SSSR count). The Bertz CT molecular complexity index is 392. The Kier molecular flexibility index (Phi) is 2.01. The van der Waals surface area contributed by atoms with E-state index in [0.29, 0.717) is 0 Å². The zero-order valence-corrected chi connectivity index (χ0v) is 7.78. The lowest BCUT2D eigenvalue weighted by molar-refractivity contribution is -0.0135. The molecule has 1 atom stereocenters. The zero-order valence-electron chi connectivity index (χ0n) is 7.03. The Morgan fingerprint density at radius 3 is 2.71 bits per heavy atom. The van der Waals surface area contributed by atoms with Crippen LogP contribution in [0.15, 0.2) is 12.1 Å². The van der Waals surface area contributed by atoms with Gasteiger partial charge in [-0.1, -0.05) is 11.6 Å². The summed E-state index contributed by atoms with van der Waals surface area (Å²) in [7, 11) is 0. The third-order valence-electron chi connectivity index (χ3n) is 2.37. The minimum absolute atomic E-state index is 0.0234. The Morgan fingerprint density at radius 2 is 2.07 bits per heavy atom. The third kappa shape index (κ3) is 1.29. The average molecular weight is 222 g/mol. The summed E-state index contributed by atoms with van der Waals surface area (Å²) in [6.45, 7) is 0. The molecular formula is C9H7ClF3N. The van der Waals surface area contributed by atoms with Crippen LogP contribution in [0.4, 0.5) is 13.2 Å². The predicted molar refractivity (Wildman–Crippen MR) is 47.0 cm³/mol. The summed E-state index contributed by atoms with van der Waals surface area (Å²) in [6, 6.07) is 0.634. The molecule has 0 unspecified atom stereocenters. The van der Waals surface area contributed by atoms with Crippen molar-refractivity contribution in [1.29, 1.82) is 0 Å². The van der Waals surface area contributed by atoms with E-state index in [2.05, 4.69) is 0 Å². The zero-order chi connectivity index (χ0) is 10.5. The van der Waals surface area contributed by atoms with Gasteiger partial charge in [0.25, 0.3) is 5.92 Å². The Balaban J connectivity index is 2.59. The minimum atomic E-state index is -3.03. The van der Waals surface area contributed by atoms with Crippen LogP contribution in [0, 0.1) is 5.82 Å². The van der Waals surface area contributed by atoms with Crippen LogP contribution in [0.1, 0.15) is 17.2 Å². The number of nitrogens with two attached hydrogens (primary N) is 1. The van der Waals surface area contributed by atoms with E-state index in [4.69, 9.17) is 17.3 Å². The Morgan fingerprint density at radius 1 is 1.43 bits per heavy atom. The summed E-state index contributed by atoms with van der Waals surface area (Å²) < 4.78 is 39.1. The van der Waals surface area contributed by atoms with E-state index in [1.165, 1.54) is 0 Å². The van der Waals surface area contributed by atoms with Crippen molar-refractivity contribution in [2.45, 2.75) is 18.4 Å². The summed E-state index contributed by atoms with van der Waals surface area (Å²) in [6.07, 6.45) is -0.541. The number of alkyl halides is 2. The van der Waals surface area contributed by atoms with Crippen molar-refractivity contribution in [2.24, 2.45) is 5.73 Å². The van der Waals surface area contributed by atoms with Gasteiger partial charge in [0, 0.05) is 11.4 Å². The monoisotopic (exact) mass is 221 g/mol. The molecule has 1 aromatic carbocycles. The summed E-state index contributed by atoms with van der Waals surface area (Å²) in [5.74, 6) is -3.64. The predicted octanol–water partition coefficient (Wildman–Crippen LogP) is 2.67. The number of halogens is 4. The van der Waals surface area contributed by atoms with Crippen molar-refractivity contribution < 1.29 is 13.2 Å².